The first-order valence-corrected chi connectivity index (χ1v) is 7.86. The van der Waals surface area contributed by atoms with E-state index in [-0.39, 0.29) is 23.1 Å². The fourth-order valence-corrected chi connectivity index (χ4v) is 2.44. The lowest BCUT2D eigenvalue weighted by Crippen LogP contribution is -2.17. The van der Waals surface area contributed by atoms with Crippen LogP contribution in [0.3, 0.4) is 0 Å². The van der Waals surface area contributed by atoms with E-state index in [4.69, 9.17) is 11.6 Å². The van der Waals surface area contributed by atoms with Gasteiger partial charge in [-0.05, 0) is 36.4 Å². The molecule has 1 aromatic heterocycles. The third kappa shape index (κ3) is 4.82. The van der Waals surface area contributed by atoms with Crippen LogP contribution in [-0.4, -0.2) is 28.2 Å². The zero-order valence-corrected chi connectivity index (χ0v) is 13.0. The van der Waals surface area contributed by atoms with Crippen LogP contribution < -0.4 is 5.32 Å². The highest BCUT2D eigenvalue weighted by Gasteiger charge is 2.10. The van der Waals surface area contributed by atoms with Crippen molar-refractivity contribution in [2.75, 3.05) is 16.8 Å². The molecule has 0 aliphatic rings. The van der Waals surface area contributed by atoms with Gasteiger partial charge >= 0.3 is 0 Å². The van der Waals surface area contributed by atoms with Crippen molar-refractivity contribution in [3.05, 3.63) is 59.0 Å². The van der Waals surface area contributed by atoms with Gasteiger partial charge in [-0.1, -0.05) is 11.6 Å². The number of ketones is 1. The summed E-state index contributed by atoms with van der Waals surface area (Å²) in [5.74, 6) is -1.03. The van der Waals surface area contributed by atoms with Gasteiger partial charge < -0.3 is 5.32 Å². The average molecular weight is 339 g/mol. The third-order valence-electron chi connectivity index (χ3n) is 2.65. The summed E-state index contributed by atoms with van der Waals surface area (Å²) >= 11 is 6.89. The second-order valence-corrected chi connectivity index (χ2v) is 5.73. The highest BCUT2D eigenvalue weighted by molar-refractivity contribution is 8.00. The quantitative estimate of drug-likeness (QED) is 0.820. The molecule has 0 saturated carbocycles. The Balaban J connectivity index is 1.78. The van der Waals surface area contributed by atoms with Gasteiger partial charge in [0.2, 0.25) is 5.91 Å². The number of anilines is 1. The molecule has 114 valence electrons. The van der Waals surface area contributed by atoms with E-state index in [1.165, 1.54) is 18.3 Å². The number of thioether (sulfide) groups is 1. The summed E-state index contributed by atoms with van der Waals surface area (Å²) in [5.41, 5.74) is 0.535. The number of nitrogens with one attached hydrogen (secondary N) is 1. The molecule has 0 fully saturated rings. The molecule has 0 spiro atoms. The Labute approximate surface area is 136 Å². The lowest BCUT2D eigenvalue weighted by Gasteiger charge is -2.05. The number of carbonyl (C=O) groups is 2. The molecule has 0 saturated heterocycles. The molecule has 4 nitrogen and oxygen atoms in total. The zero-order valence-electron chi connectivity index (χ0n) is 11.4. The molecule has 1 N–H and O–H groups in total. The van der Waals surface area contributed by atoms with E-state index < -0.39 is 11.7 Å². The Kier molecular flexibility index (Phi) is 5.91. The molecule has 0 bridgehead atoms. The molecule has 1 heterocycles. The van der Waals surface area contributed by atoms with Crippen molar-refractivity contribution in [1.29, 1.82) is 0 Å². The predicted octanol–water partition coefficient (Wildman–Crippen LogP) is 3.43. The van der Waals surface area contributed by atoms with Crippen LogP contribution in [0.1, 0.15) is 10.4 Å². The number of hydrogen-bond donors (Lipinski definition) is 1. The van der Waals surface area contributed by atoms with Gasteiger partial charge in [-0.2, -0.15) is 0 Å². The van der Waals surface area contributed by atoms with Crippen LogP contribution in [0, 0.1) is 5.82 Å². The highest BCUT2D eigenvalue weighted by Crippen LogP contribution is 2.13. The SMILES string of the molecule is O=C(CSCC(=O)c1ccc(Cl)cc1)Nc1ncccc1F. The summed E-state index contributed by atoms with van der Waals surface area (Å²) in [6.45, 7) is 0. The Bertz CT molecular complexity index is 679. The average Bonchev–Trinajstić information content (AvgIpc) is 2.50. The number of aromatic nitrogens is 1. The van der Waals surface area contributed by atoms with Gasteiger partial charge in [0.05, 0.1) is 11.5 Å². The largest absolute Gasteiger partial charge is 0.308 e. The molecular weight excluding hydrogens is 327 g/mol. The van der Waals surface area contributed by atoms with Gasteiger partial charge in [-0.15, -0.1) is 11.8 Å². The number of amides is 1. The van der Waals surface area contributed by atoms with E-state index in [1.54, 1.807) is 24.3 Å². The van der Waals surface area contributed by atoms with Crippen LogP contribution in [0.15, 0.2) is 42.6 Å². The van der Waals surface area contributed by atoms with Gasteiger partial charge in [0.15, 0.2) is 17.4 Å². The summed E-state index contributed by atoms with van der Waals surface area (Å²) in [4.78, 5) is 27.3. The summed E-state index contributed by atoms with van der Waals surface area (Å²) in [6, 6.07) is 9.18. The lowest BCUT2D eigenvalue weighted by molar-refractivity contribution is -0.113. The maximum Gasteiger partial charge on any atom is 0.235 e. The summed E-state index contributed by atoms with van der Waals surface area (Å²) in [7, 11) is 0. The molecule has 0 atom stereocenters. The van der Waals surface area contributed by atoms with Crippen molar-refractivity contribution in [3.8, 4) is 0 Å². The monoisotopic (exact) mass is 338 g/mol. The van der Waals surface area contributed by atoms with Crippen LogP contribution in [0.4, 0.5) is 10.2 Å². The minimum absolute atomic E-state index is 0.0370. The molecule has 0 aliphatic heterocycles. The number of halogens is 2. The summed E-state index contributed by atoms with van der Waals surface area (Å²) in [6.07, 6.45) is 1.38. The maximum absolute atomic E-state index is 13.3. The zero-order chi connectivity index (χ0) is 15.9. The second kappa shape index (κ2) is 7.91. The highest BCUT2D eigenvalue weighted by atomic mass is 35.5. The van der Waals surface area contributed by atoms with Crippen molar-refractivity contribution >= 4 is 40.9 Å². The molecule has 0 unspecified atom stereocenters. The molecule has 2 aromatic rings. The van der Waals surface area contributed by atoms with Gasteiger partial charge in [0.25, 0.3) is 0 Å². The van der Waals surface area contributed by atoms with Gasteiger partial charge in [-0.3, -0.25) is 9.59 Å². The van der Waals surface area contributed by atoms with E-state index in [1.807, 2.05) is 0 Å². The number of rotatable bonds is 6. The molecule has 1 aromatic carbocycles. The lowest BCUT2D eigenvalue weighted by atomic mass is 10.1. The Hall–Kier alpha value is -1.92. The van der Waals surface area contributed by atoms with Gasteiger partial charge in [0.1, 0.15) is 0 Å². The molecule has 2 rings (SSSR count). The van der Waals surface area contributed by atoms with E-state index in [2.05, 4.69) is 10.3 Å². The Morgan fingerprint density at radius 2 is 1.91 bits per heavy atom. The summed E-state index contributed by atoms with van der Waals surface area (Å²) < 4.78 is 13.3. The van der Waals surface area contributed by atoms with E-state index >= 15 is 0 Å². The number of hydrogen-bond acceptors (Lipinski definition) is 4. The number of benzene rings is 1. The second-order valence-electron chi connectivity index (χ2n) is 4.30. The Morgan fingerprint density at radius 3 is 2.59 bits per heavy atom. The Morgan fingerprint density at radius 1 is 1.18 bits per heavy atom. The minimum Gasteiger partial charge on any atom is -0.308 e. The number of nitrogens with zero attached hydrogens (tertiary/aromatic N) is 1. The van der Waals surface area contributed by atoms with Crippen LogP contribution in [0.25, 0.3) is 0 Å². The maximum atomic E-state index is 13.3. The topological polar surface area (TPSA) is 59.1 Å². The molecule has 1 amide bonds. The molecule has 0 aliphatic carbocycles. The van der Waals surface area contributed by atoms with Crippen LogP contribution in [0.5, 0.6) is 0 Å². The smallest absolute Gasteiger partial charge is 0.235 e. The van der Waals surface area contributed by atoms with Crippen molar-refractivity contribution < 1.29 is 14.0 Å². The first-order valence-electron chi connectivity index (χ1n) is 6.33. The normalized spacial score (nSPS) is 10.3. The predicted molar refractivity (Wildman–Crippen MR) is 85.9 cm³/mol. The van der Waals surface area contributed by atoms with E-state index in [0.717, 1.165) is 11.8 Å². The van der Waals surface area contributed by atoms with Gasteiger partial charge in [0, 0.05) is 16.8 Å². The standard InChI is InChI=1S/C15H12ClFN2O2S/c16-11-5-3-10(4-6-11)13(20)8-22-9-14(21)19-15-12(17)2-1-7-18-15/h1-7H,8-9H2,(H,18,19,21). The van der Waals surface area contributed by atoms with Gasteiger partial charge in [-0.25, -0.2) is 9.37 Å². The fraction of sp³-hybridized carbons (Fsp3) is 0.133. The molecule has 22 heavy (non-hydrogen) atoms. The first-order chi connectivity index (χ1) is 10.6. The fourth-order valence-electron chi connectivity index (χ4n) is 1.60. The van der Waals surface area contributed by atoms with Crippen molar-refractivity contribution in [1.82, 2.24) is 4.98 Å². The molecule has 7 heteroatoms. The van der Waals surface area contributed by atoms with Crippen LogP contribution in [-0.2, 0) is 4.79 Å². The minimum atomic E-state index is -0.599. The summed E-state index contributed by atoms with van der Waals surface area (Å²) in [5, 5.41) is 2.91. The van der Waals surface area contributed by atoms with Crippen LogP contribution >= 0.6 is 23.4 Å². The first kappa shape index (κ1) is 16.5. The molecule has 0 radical (unpaired) electrons. The van der Waals surface area contributed by atoms with E-state index in [9.17, 15) is 14.0 Å². The third-order valence-corrected chi connectivity index (χ3v) is 3.83. The van der Waals surface area contributed by atoms with Crippen molar-refractivity contribution in [2.45, 2.75) is 0 Å². The van der Waals surface area contributed by atoms with Crippen LogP contribution in [0.2, 0.25) is 5.02 Å². The molecular formula is C15H12ClFN2O2S. The van der Waals surface area contributed by atoms with Crippen molar-refractivity contribution in [2.24, 2.45) is 0 Å². The number of carbonyl (C=O) groups excluding carboxylic acids is 2. The van der Waals surface area contributed by atoms with E-state index in [0.29, 0.717) is 10.6 Å². The number of pyridine rings is 1. The number of Topliss-reactive ketones (excluding diaryl/α,β-unsaturated/α-hetero) is 1. The van der Waals surface area contributed by atoms with Crippen molar-refractivity contribution in [3.63, 3.8) is 0 Å².